The van der Waals surface area contributed by atoms with E-state index in [2.05, 4.69) is 4.90 Å². The number of ether oxygens (including phenoxy) is 2. The van der Waals surface area contributed by atoms with E-state index in [4.69, 9.17) is 9.47 Å². The number of carbonyl (C=O) groups is 2. The Morgan fingerprint density at radius 1 is 0.938 bits per heavy atom. The van der Waals surface area contributed by atoms with Crippen LogP contribution in [-0.2, 0) is 4.79 Å². The molecule has 6 heteroatoms. The van der Waals surface area contributed by atoms with E-state index in [1.807, 2.05) is 53.4 Å². The van der Waals surface area contributed by atoms with Crippen molar-refractivity contribution in [2.75, 3.05) is 40.4 Å². The first-order chi connectivity index (χ1) is 15.6. The van der Waals surface area contributed by atoms with Gasteiger partial charge in [-0.1, -0.05) is 30.3 Å². The summed E-state index contributed by atoms with van der Waals surface area (Å²) in [5.74, 6) is 1.97. The van der Waals surface area contributed by atoms with Crippen LogP contribution in [0.2, 0.25) is 0 Å². The molecule has 2 aliphatic rings. The predicted octanol–water partition coefficient (Wildman–Crippen LogP) is 3.96. The van der Waals surface area contributed by atoms with Crippen LogP contribution in [0.15, 0.2) is 48.5 Å². The maximum absolute atomic E-state index is 13.2. The van der Waals surface area contributed by atoms with Crippen molar-refractivity contribution in [1.29, 1.82) is 0 Å². The molecule has 0 aliphatic carbocycles. The first-order valence-electron chi connectivity index (χ1n) is 11.4. The molecule has 4 rings (SSSR count). The number of piperidine rings is 1. The topological polar surface area (TPSA) is 59.1 Å². The molecule has 1 unspecified atom stereocenters. The number of benzene rings is 2. The van der Waals surface area contributed by atoms with Crippen molar-refractivity contribution in [3.63, 3.8) is 0 Å². The molecule has 0 bridgehead atoms. The predicted molar refractivity (Wildman–Crippen MR) is 123 cm³/mol. The molecule has 6 nitrogen and oxygen atoms in total. The molecule has 2 fully saturated rings. The van der Waals surface area contributed by atoms with Crippen LogP contribution >= 0.6 is 0 Å². The van der Waals surface area contributed by atoms with Crippen LogP contribution in [0.5, 0.6) is 11.5 Å². The molecule has 1 amide bonds. The number of hydrogen-bond acceptors (Lipinski definition) is 5. The molecule has 0 spiro atoms. The number of hydrogen-bond donors (Lipinski definition) is 0. The molecule has 0 aromatic heterocycles. The lowest BCUT2D eigenvalue weighted by Crippen LogP contribution is -2.44. The summed E-state index contributed by atoms with van der Waals surface area (Å²) in [6, 6.07) is 15.3. The number of rotatable bonds is 7. The van der Waals surface area contributed by atoms with Crippen LogP contribution in [0, 0.1) is 5.92 Å². The summed E-state index contributed by atoms with van der Waals surface area (Å²) in [7, 11) is 3.31. The Kier molecular flexibility index (Phi) is 7.10. The van der Waals surface area contributed by atoms with Gasteiger partial charge in [0.1, 0.15) is 11.5 Å². The highest BCUT2D eigenvalue weighted by Gasteiger charge is 2.34. The van der Waals surface area contributed by atoms with Crippen molar-refractivity contribution in [2.24, 2.45) is 5.92 Å². The second kappa shape index (κ2) is 10.2. The van der Waals surface area contributed by atoms with Crippen LogP contribution in [-0.4, -0.2) is 61.9 Å². The number of methoxy groups -OCH3 is 2. The van der Waals surface area contributed by atoms with E-state index in [-0.39, 0.29) is 23.7 Å². The molecular formula is C26H32N2O4. The lowest BCUT2D eigenvalue weighted by Gasteiger charge is -2.33. The largest absolute Gasteiger partial charge is 0.497 e. The lowest BCUT2D eigenvalue weighted by atomic mass is 9.89. The van der Waals surface area contributed by atoms with Gasteiger partial charge in [0.05, 0.1) is 26.8 Å². The van der Waals surface area contributed by atoms with Gasteiger partial charge in [0.15, 0.2) is 5.78 Å². The number of ketones is 1. The molecule has 1 atom stereocenters. The number of Topliss-reactive ketones (excluding diaryl/α,β-unsaturated/α-hetero) is 1. The molecule has 32 heavy (non-hydrogen) atoms. The zero-order chi connectivity index (χ0) is 22.5. The van der Waals surface area contributed by atoms with Crippen molar-refractivity contribution >= 4 is 11.7 Å². The smallest absolute Gasteiger partial charge is 0.237 e. The Balaban J connectivity index is 1.37. The Hall–Kier alpha value is -2.86. The van der Waals surface area contributed by atoms with Crippen LogP contribution in [0.3, 0.4) is 0 Å². The Morgan fingerprint density at radius 3 is 2.38 bits per heavy atom. The molecule has 0 N–H and O–H groups in total. The normalized spacial score (nSPS) is 19.7. The highest BCUT2D eigenvalue weighted by Crippen LogP contribution is 2.39. The fourth-order valence-electron chi connectivity index (χ4n) is 4.96. The Bertz CT molecular complexity index is 938. The van der Waals surface area contributed by atoms with E-state index in [1.54, 1.807) is 14.2 Å². The molecular weight excluding hydrogens is 404 g/mol. The molecule has 2 heterocycles. The van der Waals surface area contributed by atoms with Crippen molar-refractivity contribution in [3.8, 4) is 11.5 Å². The summed E-state index contributed by atoms with van der Waals surface area (Å²) in [4.78, 5) is 30.1. The summed E-state index contributed by atoms with van der Waals surface area (Å²) in [5.41, 5.74) is 1.79. The van der Waals surface area contributed by atoms with Crippen LogP contribution in [0.1, 0.15) is 47.6 Å². The van der Waals surface area contributed by atoms with E-state index in [0.29, 0.717) is 6.54 Å². The van der Waals surface area contributed by atoms with Gasteiger partial charge < -0.3 is 14.4 Å². The maximum Gasteiger partial charge on any atom is 0.237 e. The van der Waals surface area contributed by atoms with Crippen LogP contribution in [0.4, 0.5) is 0 Å². The zero-order valence-electron chi connectivity index (χ0n) is 19.0. The fraction of sp³-hybridized carbons (Fsp3) is 0.462. The van der Waals surface area contributed by atoms with Crippen molar-refractivity contribution in [1.82, 2.24) is 9.80 Å². The average molecular weight is 437 g/mol. The van der Waals surface area contributed by atoms with Gasteiger partial charge in [-0.25, -0.2) is 0 Å². The summed E-state index contributed by atoms with van der Waals surface area (Å²) in [6.45, 7) is 2.70. The first kappa shape index (κ1) is 22.3. The van der Waals surface area contributed by atoms with Crippen molar-refractivity contribution < 1.29 is 19.1 Å². The van der Waals surface area contributed by atoms with Crippen molar-refractivity contribution in [2.45, 2.75) is 31.7 Å². The zero-order valence-corrected chi connectivity index (χ0v) is 19.0. The van der Waals surface area contributed by atoms with E-state index >= 15 is 0 Å². The third-order valence-corrected chi connectivity index (χ3v) is 6.74. The van der Waals surface area contributed by atoms with E-state index in [0.717, 1.165) is 67.9 Å². The third kappa shape index (κ3) is 4.80. The monoisotopic (exact) mass is 436 g/mol. The van der Waals surface area contributed by atoms with E-state index < -0.39 is 0 Å². The molecule has 0 saturated carbocycles. The van der Waals surface area contributed by atoms with Gasteiger partial charge in [0.2, 0.25) is 5.91 Å². The highest BCUT2D eigenvalue weighted by atomic mass is 16.5. The van der Waals surface area contributed by atoms with Gasteiger partial charge in [-0.3, -0.25) is 14.5 Å². The van der Waals surface area contributed by atoms with E-state index in [9.17, 15) is 9.59 Å². The maximum atomic E-state index is 13.2. The number of nitrogens with zero attached hydrogens (tertiary/aromatic N) is 2. The molecule has 2 aliphatic heterocycles. The van der Waals surface area contributed by atoms with Crippen molar-refractivity contribution in [3.05, 3.63) is 59.7 Å². The average Bonchev–Trinajstić information content (AvgIpc) is 3.34. The second-order valence-corrected chi connectivity index (χ2v) is 8.63. The van der Waals surface area contributed by atoms with Gasteiger partial charge >= 0.3 is 0 Å². The molecule has 170 valence electrons. The number of amides is 1. The molecule has 0 radical (unpaired) electrons. The minimum atomic E-state index is 0.00440. The van der Waals surface area contributed by atoms with Crippen LogP contribution in [0.25, 0.3) is 0 Å². The van der Waals surface area contributed by atoms with Gasteiger partial charge in [0.25, 0.3) is 0 Å². The minimum absolute atomic E-state index is 0.00440. The van der Waals surface area contributed by atoms with Gasteiger partial charge in [-0.05, 0) is 57.0 Å². The number of likely N-dealkylation sites (tertiary alicyclic amines) is 2. The third-order valence-electron chi connectivity index (χ3n) is 6.74. The lowest BCUT2D eigenvalue weighted by molar-refractivity contribution is -0.133. The summed E-state index contributed by atoms with van der Waals surface area (Å²) in [5, 5.41) is 0. The molecule has 2 aromatic rings. The number of carbonyl (C=O) groups excluding carboxylic acids is 2. The molecule has 2 saturated heterocycles. The second-order valence-electron chi connectivity index (χ2n) is 8.63. The summed E-state index contributed by atoms with van der Waals surface area (Å²) >= 11 is 0. The SMILES string of the molecule is COc1ccc(OC)c(C2CCCN2C(=O)CN2CCC(C(=O)c3ccccc3)CC2)c1. The fourth-order valence-corrected chi connectivity index (χ4v) is 4.96. The van der Waals surface area contributed by atoms with Gasteiger partial charge in [-0.2, -0.15) is 0 Å². The van der Waals surface area contributed by atoms with Gasteiger partial charge in [0, 0.05) is 23.6 Å². The minimum Gasteiger partial charge on any atom is -0.497 e. The highest BCUT2D eigenvalue weighted by molar-refractivity contribution is 5.97. The standard InChI is InChI=1S/C26H32N2O4/c1-31-21-10-11-24(32-2)22(17-21)23-9-6-14-28(23)25(29)18-27-15-12-20(13-16-27)26(30)19-7-4-3-5-8-19/h3-5,7-8,10-11,17,20,23H,6,9,12-16,18H2,1-2H3. The summed E-state index contributed by atoms with van der Waals surface area (Å²) in [6.07, 6.45) is 3.50. The first-order valence-corrected chi connectivity index (χ1v) is 11.4. The molecule has 2 aromatic carbocycles. The quantitative estimate of drug-likeness (QED) is 0.615. The van der Waals surface area contributed by atoms with E-state index in [1.165, 1.54) is 0 Å². The van der Waals surface area contributed by atoms with Crippen LogP contribution < -0.4 is 9.47 Å². The Labute approximate surface area is 190 Å². The summed E-state index contributed by atoms with van der Waals surface area (Å²) < 4.78 is 11.0. The Morgan fingerprint density at radius 2 is 1.69 bits per heavy atom. The van der Waals surface area contributed by atoms with Gasteiger partial charge in [-0.15, -0.1) is 0 Å².